The molecule has 1 aromatic heterocycles. The first-order valence-electron chi connectivity index (χ1n) is 2.41. The van der Waals surface area contributed by atoms with Gasteiger partial charge < -0.3 is 0 Å². The van der Waals surface area contributed by atoms with Crippen LogP contribution < -0.4 is 4.78 Å². The fourth-order valence-electron chi connectivity index (χ4n) is 0.520. The minimum absolute atomic E-state index is 0.447. The van der Waals surface area contributed by atoms with E-state index in [1.165, 1.54) is 11.3 Å². The van der Waals surface area contributed by atoms with E-state index in [1.54, 1.807) is 12.1 Å². The van der Waals surface area contributed by atoms with Crippen molar-refractivity contribution in [3.05, 3.63) is 12.1 Å². The first-order valence-corrected chi connectivity index (χ1v) is 4.40. The molecule has 2 nitrogen and oxygen atoms in total. The Morgan fingerprint density at radius 3 is 2.33 bits per heavy atom. The van der Waals surface area contributed by atoms with Crippen LogP contribution in [0.5, 0.6) is 0 Å². The lowest BCUT2D eigenvalue weighted by molar-refractivity contribution is 0.616. The second-order valence-corrected chi connectivity index (χ2v) is 4.23. The number of hydrogen-bond acceptors (Lipinski definition) is 3. The Labute approximate surface area is 59.9 Å². The quantitative estimate of drug-likeness (QED) is 0.421. The molecule has 48 valence electrons. The van der Waals surface area contributed by atoms with Crippen molar-refractivity contribution in [2.24, 2.45) is 0 Å². The van der Waals surface area contributed by atoms with Gasteiger partial charge in [-0.3, -0.25) is 0 Å². The molecule has 0 fully saturated rings. The normalized spacial score (nSPS) is 10.3. The van der Waals surface area contributed by atoms with E-state index in [0.29, 0.717) is 4.21 Å². The summed E-state index contributed by atoms with van der Waals surface area (Å²) in [5, 5.41) is 0. The van der Waals surface area contributed by atoms with E-state index in [4.69, 9.17) is 0 Å². The van der Waals surface area contributed by atoms with Crippen molar-refractivity contribution in [3.63, 3.8) is 0 Å². The van der Waals surface area contributed by atoms with Crippen molar-refractivity contribution in [2.75, 3.05) is 0 Å². The lowest BCUT2D eigenvalue weighted by atomic mass is 10.1. The molecule has 0 N–H and O–H groups in total. The number of thiophene rings is 1. The van der Waals surface area contributed by atoms with Crippen molar-refractivity contribution < 1.29 is 8.42 Å². The summed E-state index contributed by atoms with van der Waals surface area (Å²) in [7, 11) is -0.474. The van der Waals surface area contributed by atoms with Crippen LogP contribution in [0.3, 0.4) is 0 Å². The summed E-state index contributed by atoms with van der Waals surface area (Å²) < 4.78 is 22.0. The standard InChI is InChI=1S/C4H5BO2S2/c5-3-1-2-4(8-3)9(6)7/h1-2,9H,5H2. The third-order valence-electron chi connectivity index (χ3n) is 0.906. The van der Waals surface area contributed by atoms with Crippen LogP contribution in [0.15, 0.2) is 16.3 Å². The van der Waals surface area contributed by atoms with Crippen LogP contribution >= 0.6 is 11.3 Å². The summed E-state index contributed by atoms with van der Waals surface area (Å²) in [6, 6.07) is 3.41. The summed E-state index contributed by atoms with van der Waals surface area (Å²) in [6.45, 7) is 0. The largest absolute Gasteiger partial charge is 0.226 e. The van der Waals surface area contributed by atoms with Gasteiger partial charge in [0.2, 0.25) is 0 Å². The Kier molecular flexibility index (Phi) is 1.92. The van der Waals surface area contributed by atoms with Gasteiger partial charge in [0.15, 0.2) is 18.6 Å². The van der Waals surface area contributed by atoms with Crippen LogP contribution in [0, 0.1) is 0 Å². The van der Waals surface area contributed by atoms with Crippen molar-refractivity contribution >= 4 is 34.7 Å². The highest BCUT2D eigenvalue weighted by molar-refractivity contribution is 7.75. The number of thiol groups is 1. The summed E-state index contributed by atoms with van der Waals surface area (Å²) in [5.74, 6) is 0. The second kappa shape index (κ2) is 2.53. The number of rotatable bonds is 1. The highest BCUT2D eigenvalue weighted by atomic mass is 32.2. The average molecular weight is 160 g/mol. The van der Waals surface area contributed by atoms with E-state index in [0.717, 1.165) is 4.78 Å². The summed E-state index contributed by atoms with van der Waals surface area (Å²) in [6.07, 6.45) is 0. The number of hydrogen-bond donors (Lipinski definition) is 1. The lowest BCUT2D eigenvalue weighted by Crippen LogP contribution is -1.88. The maximum absolute atomic E-state index is 10.3. The molecule has 0 amide bonds. The Hall–Kier alpha value is -0.285. The fraction of sp³-hybridized carbons (Fsp3) is 0. The first-order chi connectivity index (χ1) is 4.20. The molecule has 0 saturated carbocycles. The molecule has 5 heteroatoms. The second-order valence-electron chi connectivity index (χ2n) is 1.64. The molecule has 1 rings (SSSR count). The summed E-state index contributed by atoms with van der Waals surface area (Å²) >= 11 is 1.30. The molecule has 0 bridgehead atoms. The Morgan fingerprint density at radius 2 is 2.11 bits per heavy atom. The van der Waals surface area contributed by atoms with Crippen LogP contribution in [0.25, 0.3) is 0 Å². The van der Waals surface area contributed by atoms with Gasteiger partial charge in [-0.25, -0.2) is 8.42 Å². The van der Waals surface area contributed by atoms with E-state index in [1.807, 2.05) is 7.85 Å². The van der Waals surface area contributed by atoms with Crippen LogP contribution in [0.1, 0.15) is 0 Å². The van der Waals surface area contributed by atoms with Gasteiger partial charge in [-0.2, -0.15) is 0 Å². The maximum atomic E-state index is 10.3. The molecule has 1 heterocycles. The minimum atomic E-state index is -2.36. The van der Waals surface area contributed by atoms with Gasteiger partial charge in [0.25, 0.3) is 0 Å². The van der Waals surface area contributed by atoms with Gasteiger partial charge in [0.1, 0.15) is 4.21 Å². The molecule has 0 aliphatic rings. The van der Waals surface area contributed by atoms with Crippen molar-refractivity contribution in [1.82, 2.24) is 0 Å². The molecule has 0 unspecified atom stereocenters. The predicted octanol–water partition coefficient (Wildman–Crippen LogP) is -1.02. The van der Waals surface area contributed by atoms with Gasteiger partial charge in [-0.05, 0) is 10.8 Å². The van der Waals surface area contributed by atoms with Crippen LogP contribution in [0.4, 0.5) is 0 Å². The van der Waals surface area contributed by atoms with E-state index in [9.17, 15) is 8.42 Å². The molecule has 9 heavy (non-hydrogen) atoms. The topological polar surface area (TPSA) is 34.1 Å². The zero-order valence-corrected chi connectivity index (χ0v) is 6.54. The average Bonchev–Trinajstić information content (AvgIpc) is 2.14. The van der Waals surface area contributed by atoms with Crippen molar-refractivity contribution in [1.29, 1.82) is 0 Å². The van der Waals surface area contributed by atoms with E-state index in [-0.39, 0.29) is 0 Å². The Bertz CT molecular complexity index is 268. The van der Waals surface area contributed by atoms with Gasteiger partial charge >= 0.3 is 0 Å². The smallest absolute Gasteiger partial charge is 0.177 e. The van der Waals surface area contributed by atoms with Crippen molar-refractivity contribution in [3.8, 4) is 0 Å². The third kappa shape index (κ3) is 1.56. The molecule has 0 aliphatic carbocycles. The van der Waals surface area contributed by atoms with Crippen molar-refractivity contribution in [2.45, 2.75) is 4.21 Å². The monoisotopic (exact) mass is 160 g/mol. The molecule has 0 radical (unpaired) electrons. The lowest BCUT2D eigenvalue weighted by Gasteiger charge is -1.73. The molecular weight excluding hydrogens is 155 g/mol. The highest BCUT2D eigenvalue weighted by Crippen LogP contribution is 2.05. The zero-order valence-electron chi connectivity index (χ0n) is 4.83. The SMILES string of the molecule is Bc1ccc([SH](=O)=O)s1. The van der Waals surface area contributed by atoms with E-state index in [2.05, 4.69) is 0 Å². The fourth-order valence-corrected chi connectivity index (χ4v) is 2.05. The van der Waals surface area contributed by atoms with E-state index < -0.39 is 10.7 Å². The minimum Gasteiger partial charge on any atom is -0.226 e. The molecule has 1 aromatic rings. The molecule has 0 atom stereocenters. The molecule has 0 aliphatic heterocycles. The predicted molar refractivity (Wildman–Crippen MR) is 41.1 cm³/mol. The Morgan fingerprint density at radius 1 is 1.44 bits per heavy atom. The molecule has 0 saturated heterocycles. The van der Waals surface area contributed by atoms with Crippen LogP contribution in [-0.2, 0) is 10.7 Å². The Balaban J connectivity index is 3.12. The van der Waals surface area contributed by atoms with Crippen LogP contribution in [-0.4, -0.2) is 16.3 Å². The van der Waals surface area contributed by atoms with Gasteiger partial charge in [-0.15, -0.1) is 11.3 Å². The van der Waals surface area contributed by atoms with E-state index >= 15 is 0 Å². The molecular formula is C4H5BO2S2. The van der Waals surface area contributed by atoms with Crippen LogP contribution in [0.2, 0.25) is 0 Å². The summed E-state index contributed by atoms with van der Waals surface area (Å²) in [5.41, 5.74) is 0. The van der Waals surface area contributed by atoms with Gasteiger partial charge in [0, 0.05) is 0 Å². The first kappa shape index (κ1) is 6.83. The van der Waals surface area contributed by atoms with Gasteiger partial charge in [0.05, 0.1) is 0 Å². The zero-order chi connectivity index (χ0) is 6.85. The summed E-state index contributed by atoms with van der Waals surface area (Å²) in [4.78, 5) is 0. The van der Waals surface area contributed by atoms with Gasteiger partial charge in [-0.1, -0.05) is 6.07 Å². The molecule has 0 aromatic carbocycles. The third-order valence-corrected chi connectivity index (χ3v) is 2.94. The maximum Gasteiger partial charge on any atom is 0.177 e. The highest BCUT2D eigenvalue weighted by Gasteiger charge is 1.95. The molecule has 0 spiro atoms.